The highest BCUT2D eigenvalue weighted by molar-refractivity contribution is 5.81. The predicted molar refractivity (Wildman–Crippen MR) is 112 cm³/mol. The highest BCUT2D eigenvalue weighted by Gasteiger charge is 2.19. The monoisotopic (exact) mass is 413 g/mol. The number of nitrogens with one attached hydrogen (secondary N) is 1. The lowest BCUT2D eigenvalue weighted by atomic mass is 10.2. The van der Waals surface area contributed by atoms with Crippen molar-refractivity contribution in [2.45, 2.75) is 0 Å². The predicted octanol–water partition coefficient (Wildman–Crippen LogP) is 1.50. The number of hydrogen-bond acceptors (Lipinski definition) is 10. The standard InChI is InChI=1S/C19H23N7O4/c27-26(28)16-3-1-2-15(12-16)14-20-23-17-13-18(24-4-8-29-9-5-24)22-19(21-17)25-6-10-30-11-7-25/h1-3,12-14H,4-11H2,(H,21,22,23)/b20-14+. The van der Waals surface area contributed by atoms with Crippen LogP contribution in [0.15, 0.2) is 35.4 Å². The lowest BCUT2D eigenvalue weighted by Gasteiger charge is -2.31. The molecule has 2 aliphatic heterocycles. The molecule has 3 heterocycles. The molecule has 0 radical (unpaired) electrons. The first-order valence-electron chi connectivity index (χ1n) is 9.77. The summed E-state index contributed by atoms with van der Waals surface area (Å²) in [6.07, 6.45) is 1.53. The minimum Gasteiger partial charge on any atom is -0.378 e. The van der Waals surface area contributed by atoms with E-state index in [-0.39, 0.29) is 5.69 Å². The minimum absolute atomic E-state index is 0.0187. The number of anilines is 3. The van der Waals surface area contributed by atoms with Crippen molar-refractivity contribution in [3.63, 3.8) is 0 Å². The lowest BCUT2D eigenvalue weighted by Crippen LogP contribution is -2.39. The summed E-state index contributed by atoms with van der Waals surface area (Å²) in [5.74, 6) is 1.98. The zero-order chi connectivity index (χ0) is 20.8. The maximum Gasteiger partial charge on any atom is 0.270 e. The molecule has 158 valence electrons. The van der Waals surface area contributed by atoms with Crippen molar-refractivity contribution in [1.29, 1.82) is 0 Å². The summed E-state index contributed by atoms with van der Waals surface area (Å²) in [6.45, 7) is 5.56. The molecule has 4 rings (SSSR count). The number of non-ortho nitro benzene ring substituents is 1. The molecule has 0 bridgehead atoms. The van der Waals surface area contributed by atoms with E-state index in [1.807, 2.05) is 6.07 Å². The van der Waals surface area contributed by atoms with Crippen LogP contribution in [0.3, 0.4) is 0 Å². The molecule has 1 aromatic heterocycles. The van der Waals surface area contributed by atoms with E-state index in [4.69, 9.17) is 14.5 Å². The number of nitro groups is 1. The quantitative estimate of drug-likeness (QED) is 0.427. The molecule has 2 fully saturated rings. The first kappa shape index (κ1) is 20.0. The molecule has 0 spiro atoms. The molecule has 2 aliphatic rings. The molecule has 11 heteroatoms. The zero-order valence-electron chi connectivity index (χ0n) is 16.4. The molecular weight excluding hydrogens is 390 g/mol. The average Bonchev–Trinajstić information content (AvgIpc) is 2.80. The van der Waals surface area contributed by atoms with Gasteiger partial charge in [0.15, 0.2) is 5.82 Å². The average molecular weight is 413 g/mol. The molecule has 2 aromatic rings. The largest absolute Gasteiger partial charge is 0.378 e. The molecule has 0 atom stereocenters. The lowest BCUT2D eigenvalue weighted by molar-refractivity contribution is -0.384. The van der Waals surface area contributed by atoms with Crippen LogP contribution in [0.4, 0.5) is 23.3 Å². The van der Waals surface area contributed by atoms with Gasteiger partial charge in [-0.25, -0.2) is 0 Å². The van der Waals surface area contributed by atoms with Crippen molar-refractivity contribution in [3.8, 4) is 0 Å². The van der Waals surface area contributed by atoms with Gasteiger partial charge in [-0.2, -0.15) is 15.1 Å². The SMILES string of the molecule is O=[N+]([O-])c1cccc(/C=N/Nc2cc(N3CCOCC3)nc(N3CCOCC3)n2)c1. The number of nitrogens with zero attached hydrogens (tertiary/aromatic N) is 6. The van der Waals surface area contributed by atoms with E-state index in [1.165, 1.54) is 18.3 Å². The van der Waals surface area contributed by atoms with Gasteiger partial charge in [0.1, 0.15) is 5.82 Å². The van der Waals surface area contributed by atoms with E-state index < -0.39 is 4.92 Å². The Balaban J connectivity index is 1.54. The molecule has 0 amide bonds. The molecule has 2 saturated heterocycles. The summed E-state index contributed by atoms with van der Waals surface area (Å²) < 4.78 is 10.9. The normalized spacial score (nSPS) is 17.3. The first-order chi connectivity index (χ1) is 14.7. The summed E-state index contributed by atoms with van der Waals surface area (Å²) in [7, 11) is 0. The number of benzene rings is 1. The fraction of sp³-hybridized carbons (Fsp3) is 0.421. The zero-order valence-corrected chi connectivity index (χ0v) is 16.4. The van der Waals surface area contributed by atoms with Crippen LogP contribution in [0.25, 0.3) is 0 Å². The topological polar surface area (TPSA) is 118 Å². The number of aromatic nitrogens is 2. The van der Waals surface area contributed by atoms with Crippen molar-refractivity contribution in [2.24, 2.45) is 5.10 Å². The third-order valence-corrected chi connectivity index (χ3v) is 4.80. The number of hydrazone groups is 1. The van der Waals surface area contributed by atoms with Crippen LogP contribution in [-0.4, -0.2) is 73.7 Å². The van der Waals surface area contributed by atoms with Crippen LogP contribution in [0.2, 0.25) is 0 Å². The van der Waals surface area contributed by atoms with Gasteiger partial charge in [0.25, 0.3) is 5.69 Å². The maximum absolute atomic E-state index is 10.9. The molecule has 0 saturated carbocycles. The second kappa shape index (κ2) is 9.46. The summed E-state index contributed by atoms with van der Waals surface area (Å²) in [5.41, 5.74) is 3.57. The van der Waals surface area contributed by atoms with Gasteiger partial charge >= 0.3 is 0 Å². The summed E-state index contributed by atoms with van der Waals surface area (Å²) >= 11 is 0. The van der Waals surface area contributed by atoms with Crippen molar-refractivity contribution >= 4 is 29.5 Å². The molecule has 1 aromatic carbocycles. The molecule has 0 aliphatic carbocycles. The molecule has 0 unspecified atom stereocenters. The Kier molecular flexibility index (Phi) is 6.30. The number of rotatable bonds is 6. The van der Waals surface area contributed by atoms with Crippen LogP contribution >= 0.6 is 0 Å². The molecule has 30 heavy (non-hydrogen) atoms. The number of nitro benzene ring substituents is 1. The third-order valence-electron chi connectivity index (χ3n) is 4.80. The Morgan fingerprint density at radius 2 is 1.73 bits per heavy atom. The van der Waals surface area contributed by atoms with E-state index >= 15 is 0 Å². The van der Waals surface area contributed by atoms with Crippen molar-refractivity contribution < 1.29 is 14.4 Å². The fourth-order valence-electron chi connectivity index (χ4n) is 3.23. The van der Waals surface area contributed by atoms with E-state index in [9.17, 15) is 10.1 Å². The summed E-state index contributed by atoms with van der Waals surface area (Å²) in [6, 6.07) is 8.12. The van der Waals surface area contributed by atoms with Gasteiger partial charge in [-0.3, -0.25) is 15.5 Å². The molecular formula is C19H23N7O4. The smallest absolute Gasteiger partial charge is 0.270 e. The van der Waals surface area contributed by atoms with E-state index in [1.54, 1.807) is 12.1 Å². The Labute approximate surface area is 173 Å². The maximum atomic E-state index is 10.9. The van der Waals surface area contributed by atoms with Gasteiger partial charge in [-0.15, -0.1) is 0 Å². The van der Waals surface area contributed by atoms with Crippen LogP contribution in [-0.2, 0) is 9.47 Å². The minimum atomic E-state index is -0.432. The molecule has 11 nitrogen and oxygen atoms in total. The van der Waals surface area contributed by atoms with Crippen molar-refractivity contribution in [2.75, 3.05) is 67.8 Å². The van der Waals surface area contributed by atoms with E-state index in [0.717, 1.165) is 32.0 Å². The van der Waals surface area contributed by atoms with Gasteiger partial charge in [-0.05, 0) is 0 Å². The van der Waals surface area contributed by atoms with Gasteiger partial charge < -0.3 is 19.3 Å². The summed E-state index contributed by atoms with van der Waals surface area (Å²) in [5, 5.41) is 15.1. The Hall–Kier alpha value is -3.31. The van der Waals surface area contributed by atoms with Crippen LogP contribution in [0.5, 0.6) is 0 Å². The molecule has 1 N–H and O–H groups in total. The van der Waals surface area contributed by atoms with E-state index in [0.29, 0.717) is 43.8 Å². The van der Waals surface area contributed by atoms with Crippen molar-refractivity contribution in [1.82, 2.24) is 9.97 Å². The van der Waals surface area contributed by atoms with Crippen LogP contribution < -0.4 is 15.2 Å². The van der Waals surface area contributed by atoms with Gasteiger partial charge in [-0.1, -0.05) is 12.1 Å². The van der Waals surface area contributed by atoms with Gasteiger partial charge in [0.05, 0.1) is 37.6 Å². The van der Waals surface area contributed by atoms with Crippen LogP contribution in [0, 0.1) is 10.1 Å². The highest BCUT2D eigenvalue weighted by atomic mass is 16.6. The van der Waals surface area contributed by atoms with Crippen LogP contribution in [0.1, 0.15) is 5.56 Å². The summed E-state index contributed by atoms with van der Waals surface area (Å²) in [4.78, 5) is 24.1. The Bertz CT molecular complexity index is 875. The third kappa shape index (κ3) is 4.99. The number of ether oxygens (including phenoxy) is 2. The second-order valence-electron chi connectivity index (χ2n) is 6.83. The Morgan fingerprint density at radius 1 is 1.03 bits per heavy atom. The van der Waals surface area contributed by atoms with Gasteiger partial charge in [0, 0.05) is 49.9 Å². The Morgan fingerprint density at radius 3 is 2.43 bits per heavy atom. The second-order valence-corrected chi connectivity index (χ2v) is 6.83. The van der Waals surface area contributed by atoms with E-state index in [2.05, 4.69) is 25.3 Å². The van der Waals surface area contributed by atoms with Crippen molar-refractivity contribution in [3.05, 3.63) is 46.0 Å². The fourth-order valence-corrected chi connectivity index (χ4v) is 3.23. The highest BCUT2D eigenvalue weighted by Crippen LogP contribution is 2.22. The first-order valence-corrected chi connectivity index (χ1v) is 9.77. The number of morpholine rings is 2. The van der Waals surface area contributed by atoms with Gasteiger partial charge in [0.2, 0.25) is 5.95 Å². The number of hydrogen-bond donors (Lipinski definition) is 1.